The molecule has 0 aliphatic heterocycles. The summed E-state index contributed by atoms with van der Waals surface area (Å²) in [7, 11) is 0. The highest BCUT2D eigenvalue weighted by Gasteiger charge is 2.21. The third kappa shape index (κ3) is 4.51. The van der Waals surface area contributed by atoms with Crippen molar-refractivity contribution in [3.8, 4) is 45.3 Å². The summed E-state index contributed by atoms with van der Waals surface area (Å²) in [6.45, 7) is 7.39. The predicted octanol–water partition coefficient (Wildman–Crippen LogP) is 11.3. The average Bonchev–Trinajstić information content (AvgIpc) is 3.54. The molecule has 9 rings (SSSR count). The van der Waals surface area contributed by atoms with Gasteiger partial charge in [-0.05, 0) is 45.5 Å². The van der Waals surface area contributed by atoms with E-state index in [9.17, 15) is 0 Å². The fourth-order valence-electron chi connectivity index (χ4n) is 6.46. The maximum absolute atomic E-state index is 7.39. The van der Waals surface area contributed by atoms with Gasteiger partial charge in [0.25, 0.3) is 0 Å². The molecule has 9 aromatic rings. The summed E-state index contributed by atoms with van der Waals surface area (Å²) in [6, 6.07) is 49.1. The molecular formula is C42H24N4O. The van der Waals surface area contributed by atoms with Crippen LogP contribution in [0.3, 0.4) is 0 Å². The molecule has 2 aromatic heterocycles. The van der Waals surface area contributed by atoms with Crippen molar-refractivity contribution >= 4 is 49.2 Å². The van der Waals surface area contributed by atoms with Crippen LogP contribution < -0.4 is 0 Å². The predicted molar refractivity (Wildman–Crippen MR) is 190 cm³/mol. The lowest BCUT2D eigenvalue weighted by molar-refractivity contribution is 0.673. The molecule has 0 N–H and O–H groups in total. The molecule has 47 heavy (non-hydrogen) atoms. The number of aromatic nitrogens is 3. The number of hydrogen-bond acceptors (Lipinski definition) is 4. The van der Waals surface area contributed by atoms with Crippen molar-refractivity contribution in [2.45, 2.75) is 0 Å². The number of nitrogens with zero attached hydrogens (tertiary/aromatic N) is 4. The molecule has 5 heteroatoms. The SMILES string of the molecule is [C-]#[N+]c1ccc(-c2nc(-c3ccccc3)nc(-c3cc4ccccc4c4oc5ccc(-c6cccc7ccccc67)cc5c34)n2)cc1. The molecule has 2 heterocycles. The lowest BCUT2D eigenvalue weighted by atomic mass is 9.95. The Morgan fingerprint density at radius 1 is 0.468 bits per heavy atom. The number of rotatable bonds is 4. The second kappa shape index (κ2) is 10.8. The Morgan fingerprint density at radius 3 is 1.89 bits per heavy atom. The van der Waals surface area contributed by atoms with Gasteiger partial charge in [-0.1, -0.05) is 127 Å². The first-order chi connectivity index (χ1) is 23.2. The van der Waals surface area contributed by atoms with Crippen molar-refractivity contribution in [2.75, 3.05) is 0 Å². The molecule has 0 aliphatic rings. The van der Waals surface area contributed by atoms with E-state index in [1.807, 2.05) is 54.6 Å². The van der Waals surface area contributed by atoms with E-state index < -0.39 is 0 Å². The number of benzene rings is 7. The lowest BCUT2D eigenvalue weighted by Gasteiger charge is -2.11. The van der Waals surface area contributed by atoms with E-state index in [4.69, 9.17) is 25.9 Å². The molecule has 0 fully saturated rings. The van der Waals surface area contributed by atoms with Gasteiger partial charge in [0, 0.05) is 32.8 Å². The summed E-state index contributed by atoms with van der Waals surface area (Å²) in [5.74, 6) is 1.67. The Labute approximate surface area is 270 Å². The van der Waals surface area contributed by atoms with Crippen LogP contribution in [0.25, 0.3) is 93.6 Å². The zero-order chi connectivity index (χ0) is 31.3. The summed E-state index contributed by atoms with van der Waals surface area (Å²) in [4.78, 5) is 18.6. The fraction of sp³-hybridized carbons (Fsp3) is 0. The molecule has 0 saturated carbocycles. The first-order valence-electron chi connectivity index (χ1n) is 15.4. The maximum atomic E-state index is 7.39. The van der Waals surface area contributed by atoms with Gasteiger partial charge in [-0.2, -0.15) is 0 Å². The van der Waals surface area contributed by atoms with Gasteiger partial charge in [0.2, 0.25) is 0 Å². The quantitative estimate of drug-likeness (QED) is 0.189. The van der Waals surface area contributed by atoms with Gasteiger partial charge >= 0.3 is 0 Å². The highest BCUT2D eigenvalue weighted by Crippen LogP contribution is 2.42. The van der Waals surface area contributed by atoms with E-state index in [1.165, 1.54) is 16.3 Å². The van der Waals surface area contributed by atoms with E-state index >= 15 is 0 Å². The number of furan rings is 1. The molecular weight excluding hydrogens is 576 g/mol. The van der Waals surface area contributed by atoms with E-state index in [0.717, 1.165) is 55.0 Å². The van der Waals surface area contributed by atoms with Crippen molar-refractivity contribution in [2.24, 2.45) is 0 Å². The molecule has 5 nitrogen and oxygen atoms in total. The molecule has 0 aliphatic carbocycles. The van der Waals surface area contributed by atoms with Crippen LogP contribution in [0, 0.1) is 6.57 Å². The van der Waals surface area contributed by atoms with Crippen LogP contribution >= 0.6 is 0 Å². The smallest absolute Gasteiger partial charge is 0.187 e. The van der Waals surface area contributed by atoms with Crippen LogP contribution in [0.5, 0.6) is 0 Å². The molecule has 0 saturated heterocycles. The summed E-state index contributed by atoms with van der Waals surface area (Å²) < 4.78 is 6.66. The van der Waals surface area contributed by atoms with Crippen molar-refractivity contribution in [1.82, 2.24) is 15.0 Å². The first-order valence-corrected chi connectivity index (χ1v) is 15.4. The van der Waals surface area contributed by atoms with Gasteiger partial charge in [-0.25, -0.2) is 19.8 Å². The monoisotopic (exact) mass is 600 g/mol. The van der Waals surface area contributed by atoms with Crippen molar-refractivity contribution < 1.29 is 4.42 Å². The van der Waals surface area contributed by atoms with Crippen molar-refractivity contribution in [1.29, 1.82) is 0 Å². The zero-order valence-corrected chi connectivity index (χ0v) is 25.1. The third-order valence-electron chi connectivity index (χ3n) is 8.73. The lowest BCUT2D eigenvalue weighted by Crippen LogP contribution is -2.00. The fourth-order valence-corrected chi connectivity index (χ4v) is 6.46. The normalized spacial score (nSPS) is 11.4. The van der Waals surface area contributed by atoms with Crippen LogP contribution in [-0.4, -0.2) is 15.0 Å². The second-order valence-electron chi connectivity index (χ2n) is 11.5. The maximum Gasteiger partial charge on any atom is 0.187 e. The van der Waals surface area contributed by atoms with Crippen molar-refractivity contribution in [3.05, 3.63) is 157 Å². The van der Waals surface area contributed by atoms with Crippen LogP contribution in [-0.2, 0) is 0 Å². The molecule has 7 aromatic carbocycles. The zero-order valence-electron chi connectivity index (χ0n) is 25.1. The minimum atomic E-state index is 0.538. The van der Waals surface area contributed by atoms with Crippen LogP contribution in [0.15, 0.2) is 150 Å². The Balaban J connectivity index is 1.35. The molecule has 0 radical (unpaired) electrons. The van der Waals surface area contributed by atoms with E-state index in [0.29, 0.717) is 23.2 Å². The Bertz CT molecular complexity index is 2680. The molecule has 0 spiro atoms. The average molecular weight is 601 g/mol. The van der Waals surface area contributed by atoms with Gasteiger partial charge in [-0.15, -0.1) is 0 Å². The van der Waals surface area contributed by atoms with Crippen LogP contribution in [0.2, 0.25) is 0 Å². The number of fused-ring (bicyclic) bond motifs is 6. The van der Waals surface area contributed by atoms with Gasteiger partial charge in [0.05, 0.1) is 6.57 Å². The minimum Gasteiger partial charge on any atom is -0.455 e. The third-order valence-corrected chi connectivity index (χ3v) is 8.73. The highest BCUT2D eigenvalue weighted by atomic mass is 16.3. The summed E-state index contributed by atoms with van der Waals surface area (Å²) >= 11 is 0. The van der Waals surface area contributed by atoms with Crippen molar-refractivity contribution in [3.63, 3.8) is 0 Å². The van der Waals surface area contributed by atoms with Gasteiger partial charge in [0.15, 0.2) is 23.2 Å². The summed E-state index contributed by atoms with van der Waals surface area (Å²) in [6.07, 6.45) is 0. The molecule has 0 unspecified atom stereocenters. The Morgan fingerprint density at radius 2 is 1.11 bits per heavy atom. The summed E-state index contributed by atoms with van der Waals surface area (Å²) in [5, 5.41) is 6.42. The number of hydrogen-bond donors (Lipinski definition) is 0. The van der Waals surface area contributed by atoms with Gasteiger partial charge < -0.3 is 4.42 Å². The first kappa shape index (κ1) is 26.7. The van der Waals surface area contributed by atoms with Gasteiger partial charge in [-0.3, -0.25) is 0 Å². The highest BCUT2D eigenvalue weighted by molar-refractivity contribution is 6.21. The molecule has 0 amide bonds. The molecule has 0 atom stereocenters. The second-order valence-corrected chi connectivity index (χ2v) is 11.5. The molecule has 218 valence electrons. The molecule has 0 bridgehead atoms. The minimum absolute atomic E-state index is 0.538. The van der Waals surface area contributed by atoms with Gasteiger partial charge in [0.1, 0.15) is 11.2 Å². The topological polar surface area (TPSA) is 56.2 Å². The Kier molecular flexibility index (Phi) is 6.12. The van der Waals surface area contributed by atoms with E-state index in [1.54, 1.807) is 12.1 Å². The van der Waals surface area contributed by atoms with E-state index in [2.05, 4.69) is 83.7 Å². The van der Waals surface area contributed by atoms with Crippen LogP contribution in [0.1, 0.15) is 0 Å². The largest absolute Gasteiger partial charge is 0.455 e. The van der Waals surface area contributed by atoms with Crippen LogP contribution in [0.4, 0.5) is 5.69 Å². The standard InChI is InChI=1S/C42H24N4O/c1-43-31-21-18-28(19-22-31)41-44-40(27-11-3-2-4-12-27)45-42(46-41)36-25-29-13-6-8-16-34(29)39-38(36)35-24-30(20-23-37(35)47-39)33-17-9-14-26-10-5-7-15-32(26)33/h2-25H. The van der Waals surface area contributed by atoms with E-state index in [-0.39, 0.29) is 0 Å². The summed E-state index contributed by atoms with van der Waals surface area (Å²) in [5.41, 5.74) is 7.01. The Hall–Kier alpha value is -6.64.